The molecular formula is C16H27NO3S. The standard InChI is InChI=1S/C16H27NO3S/c1-5-12(15-17-11-14(19)21-15)9-7-6-8-10-13(18)20-16(2,3)4/h11-12,19H,5-10H2,1-4H3. The first-order valence-electron chi connectivity index (χ1n) is 7.68. The van der Waals surface area contributed by atoms with E-state index in [9.17, 15) is 9.90 Å². The lowest BCUT2D eigenvalue weighted by atomic mass is 9.99. The minimum absolute atomic E-state index is 0.112. The van der Waals surface area contributed by atoms with Gasteiger partial charge in [0.1, 0.15) is 5.60 Å². The average Bonchev–Trinajstić information content (AvgIpc) is 2.78. The molecule has 0 radical (unpaired) electrons. The zero-order chi connectivity index (χ0) is 15.9. The summed E-state index contributed by atoms with van der Waals surface area (Å²) in [4.78, 5) is 15.8. The highest BCUT2D eigenvalue weighted by Gasteiger charge is 2.16. The van der Waals surface area contributed by atoms with Crippen LogP contribution in [-0.2, 0) is 9.53 Å². The van der Waals surface area contributed by atoms with Crippen LogP contribution in [0.15, 0.2) is 6.20 Å². The molecule has 0 amide bonds. The highest BCUT2D eigenvalue weighted by molar-refractivity contribution is 7.13. The normalized spacial score (nSPS) is 13.1. The van der Waals surface area contributed by atoms with Crippen LogP contribution >= 0.6 is 11.3 Å². The molecule has 1 heterocycles. The molecule has 0 aliphatic heterocycles. The van der Waals surface area contributed by atoms with Crippen LogP contribution in [0.25, 0.3) is 0 Å². The Morgan fingerprint density at radius 2 is 2.10 bits per heavy atom. The lowest BCUT2D eigenvalue weighted by Gasteiger charge is -2.19. The molecule has 1 aromatic rings. The quantitative estimate of drug-likeness (QED) is 0.561. The fraction of sp³-hybridized carbons (Fsp3) is 0.750. The number of ether oxygens (including phenoxy) is 1. The number of rotatable bonds is 8. The highest BCUT2D eigenvalue weighted by atomic mass is 32.1. The Labute approximate surface area is 131 Å². The second-order valence-corrected chi connectivity index (χ2v) is 7.37. The summed E-state index contributed by atoms with van der Waals surface area (Å²) in [6.07, 6.45) is 7.05. The Bertz CT molecular complexity index is 437. The number of carbonyl (C=O) groups excluding carboxylic acids is 1. The fourth-order valence-electron chi connectivity index (χ4n) is 2.20. The van der Waals surface area contributed by atoms with E-state index in [0.717, 1.165) is 37.1 Å². The van der Waals surface area contributed by atoms with Gasteiger partial charge in [-0.15, -0.1) is 0 Å². The number of nitrogens with zero attached hydrogens (tertiary/aromatic N) is 1. The van der Waals surface area contributed by atoms with Crippen LogP contribution in [0.1, 0.15) is 77.1 Å². The molecule has 0 bridgehead atoms. The molecule has 1 rings (SSSR count). The van der Waals surface area contributed by atoms with Gasteiger partial charge >= 0.3 is 5.97 Å². The van der Waals surface area contributed by atoms with Crippen molar-refractivity contribution >= 4 is 17.3 Å². The van der Waals surface area contributed by atoms with Gasteiger partial charge in [-0.1, -0.05) is 31.1 Å². The Kier molecular flexibility index (Phi) is 7.15. The summed E-state index contributed by atoms with van der Waals surface area (Å²) in [7, 11) is 0. The predicted octanol–water partition coefficient (Wildman–Crippen LogP) is 4.63. The fourth-order valence-corrected chi connectivity index (χ4v) is 3.08. The van der Waals surface area contributed by atoms with Gasteiger partial charge in [-0.3, -0.25) is 4.79 Å². The van der Waals surface area contributed by atoms with E-state index in [4.69, 9.17) is 4.74 Å². The highest BCUT2D eigenvalue weighted by Crippen LogP contribution is 2.31. The Hall–Kier alpha value is -1.10. The molecule has 1 aromatic heterocycles. The predicted molar refractivity (Wildman–Crippen MR) is 85.7 cm³/mol. The monoisotopic (exact) mass is 313 g/mol. The topological polar surface area (TPSA) is 59.4 Å². The van der Waals surface area contributed by atoms with Crippen molar-refractivity contribution in [3.63, 3.8) is 0 Å². The number of hydrogen-bond donors (Lipinski definition) is 1. The minimum Gasteiger partial charge on any atom is -0.498 e. The summed E-state index contributed by atoms with van der Waals surface area (Å²) in [6, 6.07) is 0. The van der Waals surface area contributed by atoms with E-state index in [2.05, 4.69) is 11.9 Å². The van der Waals surface area contributed by atoms with Gasteiger partial charge in [0, 0.05) is 12.3 Å². The molecular weight excluding hydrogens is 286 g/mol. The van der Waals surface area contributed by atoms with Crippen molar-refractivity contribution in [2.75, 3.05) is 0 Å². The molecule has 0 spiro atoms. The number of esters is 1. The van der Waals surface area contributed by atoms with Gasteiger partial charge in [0.2, 0.25) is 0 Å². The minimum atomic E-state index is -0.392. The number of aromatic nitrogens is 1. The number of carbonyl (C=O) groups is 1. The van der Waals surface area contributed by atoms with Crippen molar-refractivity contribution in [3.8, 4) is 5.06 Å². The maximum Gasteiger partial charge on any atom is 0.306 e. The van der Waals surface area contributed by atoms with Gasteiger partial charge in [0.15, 0.2) is 5.06 Å². The van der Waals surface area contributed by atoms with E-state index >= 15 is 0 Å². The van der Waals surface area contributed by atoms with Crippen LogP contribution < -0.4 is 0 Å². The van der Waals surface area contributed by atoms with Crippen molar-refractivity contribution in [1.82, 2.24) is 4.98 Å². The van der Waals surface area contributed by atoms with Gasteiger partial charge in [0.25, 0.3) is 0 Å². The second kappa shape index (κ2) is 8.37. The molecule has 1 N–H and O–H groups in total. The summed E-state index contributed by atoms with van der Waals surface area (Å²) in [6.45, 7) is 7.81. The van der Waals surface area contributed by atoms with E-state index in [1.54, 1.807) is 0 Å². The zero-order valence-electron chi connectivity index (χ0n) is 13.5. The number of thiazole rings is 1. The summed E-state index contributed by atoms with van der Waals surface area (Å²) in [5.74, 6) is 0.303. The summed E-state index contributed by atoms with van der Waals surface area (Å²) < 4.78 is 5.28. The summed E-state index contributed by atoms with van der Waals surface area (Å²) in [5.41, 5.74) is -0.392. The Morgan fingerprint density at radius 3 is 2.62 bits per heavy atom. The van der Waals surface area contributed by atoms with Crippen molar-refractivity contribution in [2.24, 2.45) is 0 Å². The lowest BCUT2D eigenvalue weighted by Crippen LogP contribution is -2.23. The maximum absolute atomic E-state index is 11.6. The van der Waals surface area contributed by atoms with Crippen LogP contribution in [0.3, 0.4) is 0 Å². The maximum atomic E-state index is 11.6. The van der Waals surface area contributed by atoms with Crippen LogP contribution in [0.5, 0.6) is 5.06 Å². The third-order valence-electron chi connectivity index (χ3n) is 3.21. The van der Waals surface area contributed by atoms with Crippen LogP contribution in [0, 0.1) is 0 Å². The van der Waals surface area contributed by atoms with E-state index in [1.807, 2.05) is 20.8 Å². The third-order valence-corrected chi connectivity index (χ3v) is 4.17. The summed E-state index contributed by atoms with van der Waals surface area (Å²) >= 11 is 1.37. The number of hydrogen-bond acceptors (Lipinski definition) is 5. The van der Waals surface area contributed by atoms with E-state index in [0.29, 0.717) is 12.3 Å². The molecule has 0 aromatic carbocycles. The van der Waals surface area contributed by atoms with Crippen LogP contribution in [0.2, 0.25) is 0 Å². The SMILES string of the molecule is CCC(CCCCCC(=O)OC(C)(C)C)c1ncc(O)s1. The van der Waals surface area contributed by atoms with E-state index in [1.165, 1.54) is 17.5 Å². The molecule has 0 aliphatic carbocycles. The molecule has 0 aliphatic rings. The molecule has 21 heavy (non-hydrogen) atoms. The lowest BCUT2D eigenvalue weighted by molar-refractivity contribution is -0.154. The third kappa shape index (κ3) is 7.46. The summed E-state index contributed by atoms with van der Waals surface area (Å²) in [5, 5.41) is 10.7. The first-order valence-corrected chi connectivity index (χ1v) is 8.50. The molecule has 120 valence electrons. The van der Waals surface area contributed by atoms with Crippen LogP contribution in [0.4, 0.5) is 0 Å². The van der Waals surface area contributed by atoms with Gasteiger partial charge in [-0.05, 0) is 40.0 Å². The second-order valence-electron chi connectivity index (χ2n) is 6.33. The zero-order valence-corrected chi connectivity index (χ0v) is 14.3. The largest absolute Gasteiger partial charge is 0.498 e. The van der Waals surface area contributed by atoms with Crippen molar-refractivity contribution in [3.05, 3.63) is 11.2 Å². The first-order chi connectivity index (χ1) is 9.81. The molecule has 1 atom stereocenters. The Morgan fingerprint density at radius 1 is 1.38 bits per heavy atom. The molecule has 1 unspecified atom stereocenters. The average molecular weight is 313 g/mol. The van der Waals surface area contributed by atoms with E-state index in [-0.39, 0.29) is 11.0 Å². The molecule has 5 heteroatoms. The van der Waals surface area contributed by atoms with Crippen molar-refractivity contribution in [1.29, 1.82) is 0 Å². The molecule has 0 saturated carbocycles. The Balaban J connectivity index is 2.20. The first kappa shape index (κ1) is 18.0. The smallest absolute Gasteiger partial charge is 0.306 e. The van der Waals surface area contributed by atoms with Crippen molar-refractivity contribution in [2.45, 2.75) is 77.7 Å². The number of aromatic hydroxyl groups is 1. The van der Waals surface area contributed by atoms with Crippen molar-refractivity contribution < 1.29 is 14.6 Å². The van der Waals surface area contributed by atoms with Gasteiger partial charge < -0.3 is 9.84 Å². The molecule has 0 fully saturated rings. The number of unbranched alkanes of at least 4 members (excludes halogenated alkanes) is 2. The molecule has 4 nitrogen and oxygen atoms in total. The van der Waals surface area contributed by atoms with Gasteiger partial charge in [-0.2, -0.15) is 0 Å². The van der Waals surface area contributed by atoms with Gasteiger partial charge in [-0.25, -0.2) is 4.98 Å². The van der Waals surface area contributed by atoms with Crippen LogP contribution in [-0.4, -0.2) is 21.7 Å². The molecule has 0 saturated heterocycles. The van der Waals surface area contributed by atoms with Gasteiger partial charge in [0.05, 0.1) is 11.2 Å². The van der Waals surface area contributed by atoms with E-state index < -0.39 is 5.60 Å².